The zero-order valence-corrected chi connectivity index (χ0v) is 13.1. The second-order valence-corrected chi connectivity index (χ2v) is 6.97. The number of rotatable bonds is 2. The maximum absolute atomic E-state index is 11.8. The quantitative estimate of drug-likeness (QED) is 0.854. The molecule has 1 aliphatic heterocycles. The van der Waals surface area contributed by atoms with Crippen LogP contribution in [0.4, 0.5) is 4.79 Å². The summed E-state index contributed by atoms with van der Waals surface area (Å²) in [5.41, 5.74) is 2.23. The van der Waals surface area contributed by atoms with Gasteiger partial charge in [0.25, 0.3) is 0 Å². The fourth-order valence-electron chi connectivity index (χ4n) is 2.12. The van der Waals surface area contributed by atoms with Gasteiger partial charge in [-0.1, -0.05) is 6.07 Å². The van der Waals surface area contributed by atoms with Crippen molar-refractivity contribution in [2.45, 2.75) is 32.5 Å². The third-order valence-electron chi connectivity index (χ3n) is 3.12. The summed E-state index contributed by atoms with van der Waals surface area (Å²) >= 11 is 1.59. The Labute approximate surface area is 127 Å². The zero-order valence-electron chi connectivity index (χ0n) is 12.3. The molecule has 1 fully saturated rings. The Morgan fingerprint density at radius 1 is 1.38 bits per heavy atom. The van der Waals surface area contributed by atoms with E-state index >= 15 is 0 Å². The van der Waals surface area contributed by atoms with Crippen molar-refractivity contribution in [1.29, 1.82) is 0 Å². The number of amides is 1. The van der Waals surface area contributed by atoms with Crippen LogP contribution >= 0.6 is 11.3 Å². The molecule has 6 heteroatoms. The lowest BCUT2D eigenvalue weighted by Gasteiger charge is -2.39. The van der Waals surface area contributed by atoms with Gasteiger partial charge in [-0.25, -0.2) is 9.78 Å². The molecular weight excluding hydrogens is 288 g/mol. The lowest BCUT2D eigenvalue weighted by atomic mass is 10.1. The van der Waals surface area contributed by atoms with Crippen LogP contribution in [0.2, 0.25) is 0 Å². The number of aromatic nitrogens is 1. The Morgan fingerprint density at radius 2 is 2.14 bits per heavy atom. The molecule has 112 valence electrons. The summed E-state index contributed by atoms with van der Waals surface area (Å²) in [5.74, 6) is 0.780. The number of nitrogens with zero attached hydrogens (tertiary/aromatic N) is 2. The van der Waals surface area contributed by atoms with E-state index in [0.29, 0.717) is 13.1 Å². The van der Waals surface area contributed by atoms with Gasteiger partial charge in [-0.05, 0) is 32.9 Å². The molecule has 1 aliphatic rings. The summed E-state index contributed by atoms with van der Waals surface area (Å²) in [4.78, 5) is 17.8. The Morgan fingerprint density at radius 3 is 2.86 bits per heavy atom. The number of ether oxygens (including phenoxy) is 2. The largest absolute Gasteiger partial charge is 0.484 e. The number of likely N-dealkylation sites (tertiary alicyclic amines) is 1. The molecule has 0 radical (unpaired) electrons. The van der Waals surface area contributed by atoms with Crippen molar-refractivity contribution in [1.82, 2.24) is 9.88 Å². The molecule has 3 rings (SSSR count). The van der Waals surface area contributed by atoms with Gasteiger partial charge in [-0.2, -0.15) is 0 Å². The molecule has 0 aliphatic carbocycles. The summed E-state index contributed by atoms with van der Waals surface area (Å²) in [6.45, 7) is 6.69. The Bertz CT molecular complexity index is 656. The highest BCUT2D eigenvalue weighted by Crippen LogP contribution is 2.29. The summed E-state index contributed by atoms with van der Waals surface area (Å²) < 4.78 is 12.4. The summed E-state index contributed by atoms with van der Waals surface area (Å²) in [6, 6.07) is 5.89. The van der Waals surface area contributed by atoms with Gasteiger partial charge in [0.15, 0.2) is 0 Å². The number of thiazole rings is 1. The van der Waals surface area contributed by atoms with Crippen LogP contribution in [0.5, 0.6) is 5.75 Å². The van der Waals surface area contributed by atoms with Crippen LogP contribution in [0.25, 0.3) is 10.2 Å². The third-order valence-corrected chi connectivity index (χ3v) is 3.91. The minimum atomic E-state index is -0.463. The van der Waals surface area contributed by atoms with Gasteiger partial charge in [0, 0.05) is 0 Å². The predicted octanol–water partition coefficient (Wildman–Crippen LogP) is 3.29. The molecule has 0 unspecified atom stereocenters. The number of carbonyl (C=O) groups excluding carboxylic acids is 1. The van der Waals surface area contributed by atoms with Crippen molar-refractivity contribution in [2.24, 2.45) is 0 Å². The lowest BCUT2D eigenvalue weighted by Crippen LogP contribution is -2.57. The minimum Gasteiger partial charge on any atom is -0.484 e. The number of carbonyl (C=O) groups is 1. The normalized spacial score (nSPS) is 15.9. The first-order chi connectivity index (χ1) is 9.92. The van der Waals surface area contributed by atoms with Crippen LogP contribution in [-0.4, -0.2) is 40.8 Å². The van der Waals surface area contributed by atoms with Crippen LogP contribution in [-0.2, 0) is 4.74 Å². The predicted molar refractivity (Wildman–Crippen MR) is 81.8 cm³/mol. The van der Waals surface area contributed by atoms with Gasteiger partial charge < -0.3 is 14.4 Å². The highest BCUT2D eigenvalue weighted by Gasteiger charge is 2.35. The van der Waals surface area contributed by atoms with E-state index in [0.717, 1.165) is 16.0 Å². The third kappa shape index (κ3) is 3.10. The van der Waals surface area contributed by atoms with Crippen LogP contribution in [0, 0.1) is 0 Å². The highest BCUT2D eigenvalue weighted by atomic mass is 32.1. The van der Waals surface area contributed by atoms with Gasteiger partial charge in [-0.3, -0.25) is 0 Å². The first-order valence-electron chi connectivity index (χ1n) is 6.89. The number of para-hydroxylation sites is 1. The van der Waals surface area contributed by atoms with Crippen molar-refractivity contribution >= 4 is 27.6 Å². The number of hydrogen-bond acceptors (Lipinski definition) is 5. The van der Waals surface area contributed by atoms with Crippen LogP contribution < -0.4 is 4.74 Å². The molecule has 1 aromatic heterocycles. The van der Waals surface area contributed by atoms with E-state index in [4.69, 9.17) is 9.47 Å². The zero-order chi connectivity index (χ0) is 15.0. The average molecular weight is 306 g/mol. The molecule has 1 amide bonds. The molecule has 0 N–H and O–H groups in total. The van der Waals surface area contributed by atoms with Crippen LogP contribution in [0.1, 0.15) is 20.8 Å². The fraction of sp³-hybridized carbons (Fsp3) is 0.467. The number of fused-ring (bicyclic) bond motifs is 1. The summed E-state index contributed by atoms with van der Waals surface area (Å²) in [6.07, 6.45) is -0.279. The maximum Gasteiger partial charge on any atom is 0.410 e. The van der Waals surface area contributed by atoms with Crippen molar-refractivity contribution in [2.75, 3.05) is 13.1 Å². The van der Waals surface area contributed by atoms with E-state index < -0.39 is 5.60 Å². The topological polar surface area (TPSA) is 51.7 Å². The Kier molecular flexibility index (Phi) is 3.49. The molecular formula is C15H18N2O3S. The highest BCUT2D eigenvalue weighted by molar-refractivity contribution is 7.16. The van der Waals surface area contributed by atoms with E-state index in [9.17, 15) is 4.79 Å². The second-order valence-electron chi connectivity index (χ2n) is 6.08. The maximum atomic E-state index is 11.8. The summed E-state index contributed by atoms with van der Waals surface area (Å²) in [7, 11) is 0. The van der Waals surface area contributed by atoms with Crippen LogP contribution in [0.3, 0.4) is 0 Å². The smallest absolute Gasteiger partial charge is 0.410 e. The van der Waals surface area contributed by atoms with E-state index in [1.54, 1.807) is 16.2 Å². The standard InChI is InChI=1S/C15H18N2O3S/c1-15(2,3)20-14(18)17-7-10(8-17)19-11-5-4-6-12-13(11)16-9-21-12/h4-6,9-10H,7-8H2,1-3H3. The van der Waals surface area contributed by atoms with Crippen molar-refractivity contribution in [3.63, 3.8) is 0 Å². The number of benzene rings is 1. The van der Waals surface area contributed by atoms with Gasteiger partial charge in [0.05, 0.1) is 23.3 Å². The van der Waals surface area contributed by atoms with E-state index in [1.165, 1.54) is 0 Å². The van der Waals surface area contributed by atoms with Crippen molar-refractivity contribution in [3.05, 3.63) is 23.7 Å². The molecule has 5 nitrogen and oxygen atoms in total. The average Bonchev–Trinajstić information content (AvgIpc) is 2.79. The monoisotopic (exact) mass is 306 g/mol. The molecule has 0 spiro atoms. The molecule has 21 heavy (non-hydrogen) atoms. The molecule has 2 heterocycles. The minimum absolute atomic E-state index is 0.00446. The van der Waals surface area contributed by atoms with E-state index in [1.807, 2.05) is 44.5 Å². The van der Waals surface area contributed by atoms with Crippen LogP contribution in [0.15, 0.2) is 23.7 Å². The van der Waals surface area contributed by atoms with Crippen molar-refractivity contribution < 1.29 is 14.3 Å². The van der Waals surface area contributed by atoms with Gasteiger partial charge >= 0.3 is 6.09 Å². The second kappa shape index (κ2) is 5.18. The first-order valence-corrected chi connectivity index (χ1v) is 7.77. The Balaban J connectivity index is 1.58. The Hall–Kier alpha value is -1.82. The van der Waals surface area contributed by atoms with Crippen molar-refractivity contribution in [3.8, 4) is 5.75 Å². The van der Waals surface area contributed by atoms with E-state index in [2.05, 4.69) is 4.98 Å². The van der Waals surface area contributed by atoms with Gasteiger partial charge in [-0.15, -0.1) is 11.3 Å². The first kappa shape index (κ1) is 14.1. The SMILES string of the molecule is CC(C)(C)OC(=O)N1CC(Oc2cccc3scnc23)C1. The molecule has 0 saturated carbocycles. The molecule has 0 atom stereocenters. The number of hydrogen-bond donors (Lipinski definition) is 0. The van der Waals surface area contributed by atoms with Gasteiger partial charge in [0.1, 0.15) is 23.0 Å². The molecule has 1 saturated heterocycles. The molecule has 2 aromatic rings. The van der Waals surface area contributed by atoms with Gasteiger partial charge in [0.2, 0.25) is 0 Å². The van der Waals surface area contributed by atoms with E-state index in [-0.39, 0.29) is 12.2 Å². The fourth-order valence-corrected chi connectivity index (χ4v) is 2.82. The summed E-state index contributed by atoms with van der Waals surface area (Å²) in [5, 5.41) is 0. The molecule has 0 bridgehead atoms. The lowest BCUT2D eigenvalue weighted by molar-refractivity contribution is -0.0218. The molecule has 1 aromatic carbocycles.